The van der Waals surface area contributed by atoms with Gasteiger partial charge in [-0.05, 0) is 42.5 Å². The standard InChI is InChI=1S/C24H27N5O2S/c1-4-17-9-5-7-11-19(17)25-21(30)15-32-24-27-26-23-28(14-13-16(2)3)22(31)18-10-6-8-12-20(18)29(23)24/h5-12,16H,4,13-15H2,1-3H3,(H,25,30). The summed E-state index contributed by atoms with van der Waals surface area (Å²) in [7, 11) is 0. The van der Waals surface area contributed by atoms with Crippen LogP contribution in [0.15, 0.2) is 58.5 Å². The van der Waals surface area contributed by atoms with E-state index in [9.17, 15) is 9.59 Å². The number of hydrogen-bond acceptors (Lipinski definition) is 5. The molecule has 2 aromatic carbocycles. The van der Waals surface area contributed by atoms with Gasteiger partial charge in [-0.2, -0.15) is 0 Å². The van der Waals surface area contributed by atoms with Gasteiger partial charge in [-0.3, -0.25) is 18.6 Å². The summed E-state index contributed by atoms with van der Waals surface area (Å²) in [6.07, 6.45) is 1.71. The summed E-state index contributed by atoms with van der Waals surface area (Å²) in [5, 5.41) is 12.8. The quantitative estimate of drug-likeness (QED) is 0.404. The molecule has 2 aromatic heterocycles. The van der Waals surface area contributed by atoms with Crippen LogP contribution < -0.4 is 10.9 Å². The molecule has 0 aliphatic carbocycles. The molecule has 2 heterocycles. The van der Waals surface area contributed by atoms with Crippen molar-refractivity contribution in [3.05, 3.63) is 64.4 Å². The predicted octanol–water partition coefficient (Wildman–Crippen LogP) is 4.38. The zero-order valence-electron chi connectivity index (χ0n) is 18.5. The summed E-state index contributed by atoms with van der Waals surface area (Å²) in [4.78, 5) is 25.7. The monoisotopic (exact) mass is 449 g/mol. The Morgan fingerprint density at radius 1 is 1.09 bits per heavy atom. The van der Waals surface area contributed by atoms with E-state index in [1.54, 1.807) is 4.57 Å². The van der Waals surface area contributed by atoms with Crippen molar-refractivity contribution in [1.29, 1.82) is 0 Å². The topological polar surface area (TPSA) is 81.3 Å². The van der Waals surface area contributed by atoms with Crippen LogP contribution in [0, 0.1) is 5.92 Å². The third kappa shape index (κ3) is 4.41. The van der Waals surface area contributed by atoms with Crippen LogP contribution in [0.5, 0.6) is 0 Å². The van der Waals surface area contributed by atoms with Gasteiger partial charge in [0.05, 0.1) is 16.7 Å². The first-order chi connectivity index (χ1) is 15.5. The number of para-hydroxylation sites is 2. The molecule has 1 amide bonds. The van der Waals surface area contributed by atoms with E-state index in [0.29, 0.717) is 28.8 Å². The second-order valence-electron chi connectivity index (χ2n) is 8.12. The molecule has 0 fully saturated rings. The maximum atomic E-state index is 13.1. The third-order valence-electron chi connectivity index (χ3n) is 5.41. The highest BCUT2D eigenvalue weighted by molar-refractivity contribution is 7.99. The lowest BCUT2D eigenvalue weighted by molar-refractivity contribution is -0.113. The van der Waals surface area contributed by atoms with Crippen molar-refractivity contribution in [3.63, 3.8) is 0 Å². The zero-order valence-corrected chi connectivity index (χ0v) is 19.4. The Bertz CT molecular complexity index is 1330. The van der Waals surface area contributed by atoms with Crippen LogP contribution in [0.3, 0.4) is 0 Å². The molecule has 0 aliphatic heterocycles. The fourth-order valence-electron chi connectivity index (χ4n) is 3.68. The van der Waals surface area contributed by atoms with Crippen molar-refractivity contribution in [3.8, 4) is 0 Å². The maximum Gasteiger partial charge on any atom is 0.262 e. The van der Waals surface area contributed by atoms with Crippen LogP contribution >= 0.6 is 11.8 Å². The minimum absolute atomic E-state index is 0.0633. The number of aryl methyl sites for hydroxylation is 2. The molecule has 4 aromatic rings. The highest BCUT2D eigenvalue weighted by Gasteiger charge is 2.18. The Morgan fingerprint density at radius 2 is 1.84 bits per heavy atom. The van der Waals surface area contributed by atoms with E-state index in [-0.39, 0.29) is 17.2 Å². The smallest absolute Gasteiger partial charge is 0.262 e. The number of carbonyl (C=O) groups is 1. The first-order valence-corrected chi connectivity index (χ1v) is 11.8. The molecule has 8 heteroatoms. The number of rotatable bonds is 8. The van der Waals surface area contributed by atoms with E-state index in [1.807, 2.05) is 52.9 Å². The molecule has 0 saturated heterocycles. The van der Waals surface area contributed by atoms with E-state index in [2.05, 4.69) is 36.3 Å². The second-order valence-corrected chi connectivity index (χ2v) is 9.06. The fourth-order valence-corrected chi connectivity index (χ4v) is 4.42. The van der Waals surface area contributed by atoms with Gasteiger partial charge >= 0.3 is 0 Å². The molecule has 0 unspecified atom stereocenters. The van der Waals surface area contributed by atoms with Crippen molar-refractivity contribution in [2.75, 3.05) is 11.1 Å². The Balaban J connectivity index is 1.65. The molecule has 7 nitrogen and oxygen atoms in total. The Hall–Kier alpha value is -3.13. The number of benzene rings is 2. The highest BCUT2D eigenvalue weighted by Crippen LogP contribution is 2.23. The third-order valence-corrected chi connectivity index (χ3v) is 6.34. The van der Waals surface area contributed by atoms with Crippen LogP contribution in [0.4, 0.5) is 5.69 Å². The van der Waals surface area contributed by atoms with E-state index >= 15 is 0 Å². The Morgan fingerprint density at radius 3 is 2.62 bits per heavy atom. The molecule has 32 heavy (non-hydrogen) atoms. The summed E-state index contributed by atoms with van der Waals surface area (Å²) < 4.78 is 3.58. The van der Waals surface area contributed by atoms with Crippen molar-refractivity contribution in [2.45, 2.75) is 45.3 Å². The minimum Gasteiger partial charge on any atom is -0.325 e. The molecule has 0 spiro atoms. The van der Waals surface area contributed by atoms with Crippen LogP contribution in [-0.2, 0) is 17.8 Å². The number of aromatic nitrogens is 4. The summed E-state index contributed by atoms with van der Waals surface area (Å²) >= 11 is 1.31. The van der Waals surface area contributed by atoms with Gasteiger partial charge in [-0.25, -0.2) is 0 Å². The van der Waals surface area contributed by atoms with E-state index < -0.39 is 0 Å². The molecule has 166 valence electrons. The summed E-state index contributed by atoms with van der Waals surface area (Å²) in [6, 6.07) is 15.3. The average molecular weight is 450 g/mol. The number of anilines is 1. The SMILES string of the molecule is CCc1ccccc1NC(=O)CSc1nnc2n(CCC(C)C)c(=O)c3ccccc3n12. The predicted molar refractivity (Wildman–Crippen MR) is 129 cm³/mol. The number of nitrogens with zero attached hydrogens (tertiary/aromatic N) is 4. The maximum absolute atomic E-state index is 13.1. The van der Waals surface area contributed by atoms with Crippen molar-refractivity contribution >= 4 is 40.0 Å². The number of amides is 1. The lowest BCUT2D eigenvalue weighted by atomic mass is 10.1. The first kappa shape index (κ1) is 22.1. The molecular weight excluding hydrogens is 422 g/mol. The van der Waals surface area contributed by atoms with Gasteiger partial charge in [0.2, 0.25) is 11.7 Å². The van der Waals surface area contributed by atoms with E-state index in [0.717, 1.165) is 29.6 Å². The Labute approximate surface area is 190 Å². The zero-order chi connectivity index (χ0) is 22.7. The molecule has 0 atom stereocenters. The molecule has 0 saturated carbocycles. The average Bonchev–Trinajstić information content (AvgIpc) is 3.22. The number of carbonyl (C=O) groups excluding carboxylic acids is 1. The lowest BCUT2D eigenvalue weighted by Crippen LogP contribution is -2.24. The largest absolute Gasteiger partial charge is 0.325 e. The molecule has 4 rings (SSSR count). The van der Waals surface area contributed by atoms with Gasteiger partial charge in [-0.15, -0.1) is 10.2 Å². The first-order valence-electron chi connectivity index (χ1n) is 10.9. The minimum atomic E-state index is -0.106. The molecular formula is C24H27N5O2S. The number of hydrogen-bond donors (Lipinski definition) is 1. The molecule has 0 radical (unpaired) electrons. The number of thioether (sulfide) groups is 1. The second kappa shape index (κ2) is 9.56. The van der Waals surface area contributed by atoms with E-state index in [4.69, 9.17) is 0 Å². The number of fused-ring (bicyclic) bond motifs is 3. The van der Waals surface area contributed by atoms with Crippen molar-refractivity contribution < 1.29 is 4.79 Å². The van der Waals surface area contributed by atoms with Gasteiger partial charge in [0, 0.05) is 12.2 Å². The van der Waals surface area contributed by atoms with Crippen LogP contribution in [0.1, 0.15) is 32.8 Å². The molecule has 0 bridgehead atoms. The van der Waals surface area contributed by atoms with Gasteiger partial charge in [0.1, 0.15) is 0 Å². The van der Waals surface area contributed by atoms with Crippen molar-refractivity contribution in [2.24, 2.45) is 5.92 Å². The molecule has 1 N–H and O–H groups in total. The Kier molecular flexibility index (Phi) is 6.60. The normalized spacial score (nSPS) is 11.5. The fraction of sp³-hybridized carbons (Fsp3) is 0.333. The highest BCUT2D eigenvalue weighted by atomic mass is 32.2. The van der Waals surface area contributed by atoms with Gasteiger partial charge in [0.15, 0.2) is 5.16 Å². The summed E-state index contributed by atoms with van der Waals surface area (Å²) in [5.74, 6) is 1.05. The van der Waals surface area contributed by atoms with Gasteiger partial charge < -0.3 is 5.32 Å². The van der Waals surface area contributed by atoms with E-state index in [1.165, 1.54) is 11.8 Å². The summed E-state index contributed by atoms with van der Waals surface area (Å²) in [5.41, 5.74) is 2.61. The van der Waals surface area contributed by atoms with Crippen LogP contribution in [-0.4, -0.2) is 30.8 Å². The lowest BCUT2D eigenvalue weighted by Gasteiger charge is -2.12. The van der Waals surface area contributed by atoms with Gasteiger partial charge in [0.25, 0.3) is 5.56 Å². The van der Waals surface area contributed by atoms with Gasteiger partial charge in [-0.1, -0.05) is 62.9 Å². The number of nitrogens with one attached hydrogen (secondary N) is 1. The molecule has 0 aliphatic rings. The summed E-state index contributed by atoms with van der Waals surface area (Å²) in [6.45, 7) is 6.89. The van der Waals surface area contributed by atoms with Crippen LogP contribution in [0.25, 0.3) is 16.7 Å². The van der Waals surface area contributed by atoms with Crippen molar-refractivity contribution in [1.82, 2.24) is 19.2 Å². The van der Waals surface area contributed by atoms with Crippen LogP contribution in [0.2, 0.25) is 0 Å².